The standard InChI is InChI=1S/C22H17Cl3F2N2S/c23-15-6-4-14(5-7-15)21-13-28(30-22-18(26)2-1-3-19(22)27)10-11-29(21)20-9-8-16(24)12-17(20)25/h1-9,12,21H,10-11,13H2. The molecule has 0 N–H and O–H groups in total. The molecule has 1 atom stereocenters. The van der Waals surface area contributed by atoms with E-state index >= 15 is 0 Å². The molecule has 1 saturated heterocycles. The SMILES string of the molecule is Fc1cccc(F)c1SN1CCN(c2ccc(Cl)cc2Cl)C(c2ccc(Cl)cc2)C1. The Morgan fingerprint density at radius 2 is 1.50 bits per heavy atom. The molecule has 0 saturated carbocycles. The van der Waals surface area contributed by atoms with Gasteiger partial charge in [-0.05, 0) is 60.0 Å². The average molecular weight is 486 g/mol. The number of hydrogen-bond donors (Lipinski definition) is 0. The van der Waals surface area contributed by atoms with Gasteiger partial charge in [0, 0.05) is 29.7 Å². The molecule has 8 heteroatoms. The molecule has 1 aliphatic heterocycles. The summed E-state index contributed by atoms with van der Waals surface area (Å²) in [6, 6.07) is 16.8. The lowest BCUT2D eigenvalue weighted by Gasteiger charge is -2.43. The molecular weight excluding hydrogens is 469 g/mol. The Hall–Kier alpha value is -1.50. The van der Waals surface area contributed by atoms with Crippen molar-refractivity contribution < 1.29 is 8.78 Å². The van der Waals surface area contributed by atoms with E-state index in [-0.39, 0.29) is 10.9 Å². The Labute approximate surface area is 193 Å². The van der Waals surface area contributed by atoms with Gasteiger partial charge in [-0.3, -0.25) is 0 Å². The second-order valence-electron chi connectivity index (χ2n) is 6.89. The Bertz CT molecular complexity index is 1030. The largest absolute Gasteiger partial charge is 0.361 e. The Balaban J connectivity index is 1.65. The van der Waals surface area contributed by atoms with Crippen LogP contribution in [0.4, 0.5) is 14.5 Å². The number of hydrogen-bond acceptors (Lipinski definition) is 3. The van der Waals surface area contributed by atoms with Crippen molar-refractivity contribution in [1.82, 2.24) is 4.31 Å². The molecule has 0 spiro atoms. The van der Waals surface area contributed by atoms with Crippen molar-refractivity contribution in [3.05, 3.63) is 92.9 Å². The highest BCUT2D eigenvalue weighted by Gasteiger charge is 2.31. The van der Waals surface area contributed by atoms with Crippen molar-refractivity contribution in [2.24, 2.45) is 0 Å². The maximum absolute atomic E-state index is 14.2. The molecule has 156 valence electrons. The molecule has 0 bridgehead atoms. The van der Waals surface area contributed by atoms with Gasteiger partial charge in [-0.25, -0.2) is 13.1 Å². The zero-order valence-corrected chi connectivity index (χ0v) is 18.7. The summed E-state index contributed by atoms with van der Waals surface area (Å²) in [5.41, 5.74) is 1.90. The van der Waals surface area contributed by atoms with Crippen LogP contribution in [0.2, 0.25) is 15.1 Å². The van der Waals surface area contributed by atoms with E-state index in [0.717, 1.165) is 23.2 Å². The highest BCUT2D eigenvalue weighted by Crippen LogP contribution is 2.39. The predicted molar refractivity (Wildman–Crippen MR) is 122 cm³/mol. The van der Waals surface area contributed by atoms with Gasteiger partial charge in [-0.15, -0.1) is 0 Å². The van der Waals surface area contributed by atoms with Crippen molar-refractivity contribution >= 4 is 52.4 Å². The van der Waals surface area contributed by atoms with Crippen LogP contribution in [0.5, 0.6) is 0 Å². The fourth-order valence-electron chi connectivity index (χ4n) is 3.51. The third-order valence-electron chi connectivity index (χ3n) is 4.96. The smallest absolute Gasteiger partial charge is 0.141 e. The molecule has 0 radical (unpaired) electrons. The van der Waals surface area contributed by atoms with Gasteiger partial charge >= 0.3 is 0 Å². The van der Waals surface area contributed by atoms with Gasteiger partial charge in [0.25, 0.3) is 0 Å². The van der Waals surface area contributed by atoms with Gasteiger partial charge in [0.1, 0.15) is 11.6 Å². The van der Waals surface area contributed by atoms with Crippen LogP contribution in [0.3, 0.4) is 0 Å². The molecular formula is C22H17Cl3F2N2S. The third kappa shape index (κ3) is 4.71. The van der Waals surface area contributed by atoms with Crippen molar-refractivity contribution in [1.29, 1.82) is 0 Å². The summed E-state index contributed by atoms with van der Waals surface area (Å²) >= 11 is 19.7. The quantitative estimate of drug-likeness (QED) is 0.353. The van der Waals surface area contributed by atoms with Crippen LogP contribution in [0.25, 0.3) is 0 Å². The molecule has 0 amide bonds. The van der Waals surface area contributed by atoms with E-state index in [1.54, 1.807) is 12.1 Å². The number of anilines is 1. The maximum atomic E-state index is 14.2. The number of benzene rings is 3. The molecule has 3 aromatic rings. The zero-order chi connectivity index (χ0) is 21.3. The van der Waals surface area contributed by atoms with Gasteiger partial charge in [0.15, 0.2) is 0 Å². The normalized spacial score (nSPS) is 17.4. The Morgan fingerprint density at radius 1 is 0.833 bits per heavy atom. The monoisotopic (exact) mass is 484 g/mol. The van der Waals surface area contributed by atoms with Crippen LogP contribution >= 0.6 is 46.8 Å². The van der Waals surface area contributed by atoms with E-state index in [1.165, 1.54) is 18.2 Å². The minimum absolute atomic E-state index is 0.00494. The Kier molecular flexibility index (Phi) is 6.75. The minimum Gasteiger partial charge on any atom is -0.361 e. The van der Waals surface area contributed by atoms with Crippen LogP contribution in [-0.2, 0) is 0 Å². The topological polar surface area (TPSA) is 6.48 Å². The van der Waals surface area contributed by atoms with Crippen LogP contribution in [0.15, 0.2) is 65.6 Å². The highest BCUT2D eigenvalue weighted by molar-refractivity contribution is 7.97. The summed E-state index contributed by atoms with van der Waals surface area (Å²) in [7, 11) is 0. The summed E-state index contributed by atoms with van der Waals surface area (Å²) in [6.07, 6.45) is 0. The minimum atomic E-state index is -0.564. The van der Waals surface area contributed by atoms with Gasteiger partial charge in [-0.2, -0.15) is 0 Å². The summed E-state index contributed by atoms with van der Waals surface area (Å²) in [5, 5.41) is 1.77. The van der Waals surface area contributed by atoms with E-state index in [2.05, 4.69) is 4.90 Å². The fraction of sp³-hybridized carbons (Fsp3) is 0.182. The van der Waals surface area contributed by atoms with E-state index in [9.17, 15) is 8.78 Å². The molecule has 3 aromatic carbocycles. The number of nitrogens with zero attached hydrogens (tertiary/aromatic N) is 2. The van der Waals surface area contributed by atoms with Crippen molar-refractivity contribution in [2.75, 3.05) is 24.5 Å². The molecule has 1 aliphatic rings. The molecule has 4 rings (SSSR count). The molecule has 1 fully saturated rings. The second kappa shape index (κ2) is 9.33. The first-order valence-corrected chi connectivity index (χ1v) is 11.2. The van der Waals surface area contributed by atoms with Crippen molar-refractivity contribution in [3.8, 4) is 0 Å². The fourth-order valence-corrected chi connectivity index (χ4v) is 5.11. The first kappa shape index (κ1) is 21.7. The van der Waals surface area contributed by atoms with E-state index in [0.29, 0.717) is 34.7 Å². The lowest BCUT2D eigenvalue weighted by molar-refractivity contribution is 0.364. The first-order chi connectivity index (χ1) is 14.4. The molecule has 0 aliphatic carbocycles. The van der Waals surface area contributed by atoms with Crippen molar-refractivity contribution in [3.63, 3.8) is 0 Å². The Morgan fingerprint density at radius 3 is 2.17 bits per heavy atom. The zero-order valence-electron chi connectivity index (χ0n) is 15.7. The number of piperazine rings is 1. The summed E-state index contributed by atoms with van der Waals surface area (Å²) in [4.78, 5) is 2.20. The summed E-state index contributed by atoms with van der Waals surface area (Å²) < 4.78 is 30.3. The van der Waals surface area contributed by atoms with Crippen LogP contribution in [0, 0.1) is 11.6 Å². The molecule has 30 heavy (non-hydrogen) atoms. The molecule has 0 aromatic heterocycles. The van der Waals surface area contributed by atoms with Crippen LogP contribution in [-0.4, -0.2) is 23.9 Å². The predicted octanol–water partition coefficient (Wildman–Crippen LogP) is 7.50. The summed E-state index contributed by atoms with van der Waals surface area (Å²) in [5.74, 6) is -1.13. The average Bonchev–Trinajstić information content (AvgIpc) is 2.72. The summed E-state index contributed by atoms with van der Waals surface area (Å²) in [6.45, 7) is 1.76. The molecule has 1 unspecified atom stereocenters. The molecule has 1 heterocycles. The van der Waals surface area contributed by atoms with Crippen LogP contribution < -0.4 is 4.90 Å². The first-order valence-electron chi connectivity index (χ1n) is 9.26. The van der Waals surface area contributed by atoms with Gasteiger partial charge < -0.3 is 4.90 Å². The van der Waals surface area contributed by atoms with Gasteiger partial charge in [0.2, 0.25) is 0 Å². The van der Waals surface area contributed by atoms with Gasteiger partial charge in [0.05, 0.1) is 21.6 Å². The molecule has 2 nitrogen and oxygen atoms in total. The maximum Gasteiger partial charge on any atom is 0.141 e. The number of halogens is 5. The lowest BCUT2D eigenvalue weighted by atomic mass is 10.0. The lowest BCUT2D eigenvalue weighted by Crippen LogP contribution is -2.46. The number of rotatable bonds is 4. The van der Waals surface area contributed by atoms with Crippen LogP contribution in [0.1, 0.15) is 11.6 Å². The third-order valence-corrected chi connectivity index (χ3v) is 6.91. The van der Waals surface area contributed by atoms with Crippen molar-refractivity contribution in [2.45, 2.75) is 10.9 Å². The van der Waals surface area contributed by atoms with E-state index in [1.807, 2.05) is 34.6 Å². The van der Waals surface area contributed by atoms with E-state index < -0.39 is 11.6 Å². The van der Waals surface area contributed by atoms with Gasteiger partial charge in [-0.1, -0.05) is 53.0 Å². The second-order valence-corrected chi connectivity index (χ2v) is 9.27. The van der Waals surface area contributed by atoms with E-state index in [4.69, 9.17) is 34.8 Å². The highest BCUT2D eigenvalue weighted by atomic mass is 35.5.